The van der Waals surface area contributed by atoms with E-state index in [0.29, 0.717) is 6.04 Å². The lowest BCUT2D eigenvalue weighted by Crippen LogP contribution is -2.37. The number of hydrogen-bond donors (Lipinski definition) is 1. The third-order valence-electron chi connectivity index (χ3n) is 7.19. The number of rotatable bonds is 14. The van der Waals surface area contributed by atoms with E-state index in [0.717, 1.165) is 5.92 Å². The Morgan fingerprint density at radius 2 is 1.45 bits per heavy atom. The van der Waals surface area contributed by atoms with Gasteiger partial charge in [-0.1, -0.05) is 102 Å². The van der Waals surface area contributed by atoms with Crippen molar-refractivity contribution in [3.8, 4) is 0 Å². The van der Waals surface area contributed by atoms with Crippen molar-refractivity contribution < 1.29 is 0 Å². The van der Waals surface area contributed by atoms with Crippen molar-refractivity contribution >= 4 is 16.9 Å². The van der Waals surface area contributed by atoms with Gasteiger partial charge in [0.05, 0.1) is 0 Å². The van der Waals surface area contributed by atoms with Crippen molar-refractivity contribution in [3.63, 3.8) is 0 Å². The number of benzene rings is 1. The number of hydrogen-bond acceptors (Lipinski definition) is 3. The second kappa shape index (κ2) is 14.3. The van der Waals surface area contributed by atoms with Crippen molar-refractivity contribution in [2.45, 2.75) is 123 Å². The Bertz CT molecular complexity index is 631. The molecule has 3 rings (SSSR count). The Hall–Kier alpha value is -0.930. The summed E-state index contributed by atoms with van der Waals surface area (Å²) in [5, 5.41) is 0. The predicted molar refractivity (Wildman–Crippen MR) is 139 cm³/mol. The van der Waals surface area contributed by atoms with Gasteiger partial charge in [-0.15, -0.1) is 0 Å². The Morgan fingerprint density at radius 3 is 2.16 bits per heavy atom. The van der Waals surface area contributed by atoms with E-state index in [1.807, 2.05) is 11.9 Å². The predicted octanol–water partition coefficient (Wildman–Crippen LogP) is 8.89. The minimum atomic E-state index is 0.678. The van der Waals surface area contributed by atoms with Crippen LogP contribution < -0.4 is 5.43 Å². The van der Waals surface area contributed by atoms with E-state index in [1.54, 1.807) is 0 Å². The lowest BCUT2D eigenvalue weighted by Gasteiger charge is -2.33. The van der Waals surface area contributed by atoms with Gasteiger partial charge >= 0.3 is 0 Å². The van der Waals surface area contributed by atoms with Gasteiger partial charge in [0.25, 0.3) is 0 Å². The first-order valence-electron chi connectivity index (χ1n) is 13.3. The fourth-order valence-electron chi connectivity index (χ4n) is 5.07. The highest BCUT2D eigenvalue weighted by atomic mass is 32.2. The molecule has 1 heterocycles. The third-order valence-corrected chi connectivity index (χ3v) is 8.34. The Morgan fingerprint density at radius 1 is 0.806 bits per heavy atom. The highest BCUT2D eigenvalue weighted by molar-refractivity contribution is 8.06. The van der Waals surface area contributed by atoms with Gasteiger partial charge in [0.15, 0.2) is 0 Å². The summed E-state index contributed by atoms with van der Waals surface area (Å²) in [5.74, 6) is 0.979. The highest BCUT2D eigenvalue weighted by Gasteiger charge is 2.29. The van der Waals surface area contributed by atoms with Crippen LogP contribution in [0.5, 0.6) is 0 Å². The minimum absolute atomic E-state index is 0.678. The lowest BCUT2D eigenvalue weighted by atomic mass is 9.83. The molecule has 31 heavy (non-hydrogen) atoms. The fraction of sp³-hybridized carbons (Fsp3) is 0.714. The van der Waals surface area contributed by atoms with Crippen LogP contribution in [0.4, 0.5) is 0 Å². The van der Waals surface area contributed by atoms with Gasteiger partial charge in [-0.05, 0) is 67.5 Å². The van der Waals surface area contributed by atoms with Crippen LogP contribution in [0.15, 0.2) is 30.5 Å². The van der Waals surface area contributed by atoms with Crippen molar-refractivity contribution in [2.75, 3.05) is 0 Å². The van der Waals surface area contributed by atoms with E-state index in [1.165, 1.54) is 119 Å². The van der Waals surface area contributed by atoms with Gasteiger partial charge in [0, 0.05) is 17.1 Å². The van der Waals surface area contributed by atoms with Gasteiger partial charge in [-0.25, -0.2) is 0 Å². The number of hydrazine groups is 1. The quantitative estimate of drug-likeness (QED) is 0.229. The first-order valence-corrected chi connectivity index (χ1v) is 14.1. The highest BCUT2D eigenvalue weighted by Crippen LogP contribution is 2.39. The van der Waals surface area contributed by atoms with E-state index in [2.05, 4.69) is 54.2 Å². The summed E-state index contributed by atoms with van der Waals surface area (Å²) in [4.78, 5) is 1.37. The van der Waals surface area contributed by atoms with Crippen LogP contribution >= 0.6 is 11.9 Å². The van der Waals surface area contributed by atoms with Crippen LogP contribution in [-0.4, -0.2) is 10.5 Å². The maximum absolute atomic E-state index is 3.56. The second-order valence-corrected chi connectivity index (χ2v) is 10.8. The molecule has 0 amide bonds. The zero-order valence-corrected chi connectivity index (χ0v) is 21.0. The van der Waals surface area contributed by atoms with Crippen molar-refractivity contribution in [1.82, 2.24) is 9.84 Å². The zero-order valence-electron chi connectivity index (χ0n) is 20.2. The van der Waals surface area contributed by atoms with Crippen LogP contribution in [0.1, 0.15) is 121 Å². The van der Waals surface area contributed by atoms with Crippen LogP contribution in [0.2, 0.25) is 0 Å². The molecule has 2 nitrogen and oxygen atoms in total. The molecule has 1 aliphatic heterocycles. The molecule has 0 atom stereocenters. The first kappa shape index (κ1) is 24.7. The van der Waals surface area contributed by atoms with Gasteiger partial charge in [0.1, 0.15) is 0 Å². The molecule has 1 fully saturated rings. The van der Waals surface area contributed by atoms with Crippen LogP contribution in [0.3, 0.4) is 0 Å². The molecular formula is C28H46N2S. The SMILES string of the molecule is CCCCCCCCc1ccc(C2=CNN(C3CCC(CCCCCC)CC3)S2)cc1. The van der Waals surface area contributed by atoms with Gasteiger partial charge in [-0.3, -0.25) is 0 Å². The van der Waals surface area contributed by atoms with E-state index >= 15 is 0 Å². The third kappa shape index (κ3) is 8.50. The normalized spacial score (nSPS) is 21.8. The fourth-order valence-corrected chi connectivity index (χ4v) is 6.09. The zero-order chi connectivity index (χ0) is 21.7. The molecule has 1 aromatic rings. The van der Waals surface area contributed by atoms with Crippen LogP contribution in [-0.2, 0) is 6.42 Å². The lowest BCUT2D eigenvalue weighted by molar-refractivity contribution is 0.199. The summed E-state index contributed by atoms with van der Waals surface area (Å²) in [6, 6.07) is 10.0. The molecule has 3 heteroatoms. The molecule has 1 saturated carbocycles. The monoisotopic (exact) mass is 442 g/mol. The molecular weight excluding hydrogens is 396 g/mol. The van der Waals surface area contributed by atoms with E-state index < -0.39 is 0 Å². The van der Waals surface area contributed by atoms with Crippen molar-refractivity contribution in [3.05, 3.63) is 41.6 Å². The second-order valence-electron chi connectivity index (χ2n) is 9.79. The average Bonchev–Trinajstić information content (AvgIpc) is 3.30. The van der Waals surface area contributed by atoms with Crippen molar-refractivity contribution in [1.29, 1.82) is 0 Å². The summed E-state index contributed by atoms with van der Waals surface area (Å²) >= 11 is 1.91. The topological polar surface area (TPSA) is 15.3 Å². The Balaban J connectivity index is 1.34. The molecule has 0 spiro atoms. The molecule has 0 unspecified atom stereocenters. The van der Waals surface area contributed by atoms with E-state index in [9.17, 15) is 0 Å². The minimum Gasteiger partial charge on any atom is -0.315 e. The molecule has 0 aromatic heterocycles. The van der Waals surface area contributed by atoms with Crippen LogP contribution in [0, 0.1) is 5.92 Å². The largest absolute Gasteiger partial charge is 0.315 e. The van der Waals surface area contributed by atoms with Crippen LogP contribution in [0.25, 0.3) is 4.91 Å². The summed E-state index contributed by atoms with van der Waals surface area (Å²) < 4.78 is 2.42. The molecule has 2 aliphatic rings. The molecule has 0 saturated heterocycles. The number of unbranched alkanes of at least 4 members (excludes halogenated alkanes) is 8. The summed E-state index contributed by atoms with van der Waals surface area (Å²) in [6.07, 6.45) is 24.3. The standard InChI is InChI=1S/C28H46N2S/c1-3-5-7-9-10-12-14-24-15-19-26(20-16-24)28-23-29-30(31-28)27-21-17-25(18-22-27)13-11-8-6-4-2/h15-16,19-20,23,25,27,29H,3-14,17-18,21-22H2,1-2H3. The van der Waals surface area contributed by atoms with Gasteiger partial charge in [0.2, 0.25) is 0 Å². The molecule has 1 aliphatic carbocycles. The molecule has 1 aromatic carbocycles. The maximum atomic E-state index is 3.56. The molecule has 0 bridgehead atoms. The summed E-state index contributed by atoms with van der Waals surface area (Å²) in [6.45, 7) is 4.59. The molecule has 1 N–H and O–H groups in total. The summed E-state index contributed by atoms with van der Waals surface area (Å²) in [5.41, 5.74) is 6.41. The Kier molecular flexibility index (Phi) is 11.4. The van der Waals surface area contributed by atoms with E-state index in [-0.39, 0.29) is 0 Å². The smallest absolute Gasteiger partial charge is 0.0491 e. The van der Waals surface area contributed by atoms with Gasteiger partial charge < -0.3 is 5.43 Å². The number of nitrogens with zero attached hydrogens (tertiary/aromatic N) is 1. The Labute approximate surface area is 196 Å². The maximum Gasteiger partial charge on any atom is 0.0491 e. The number of nitrogens with one attached hydrogen (secondary N) is 1. The van der Waals surface area contributed by atoms with Gasteiger partial charge in [-0.2, -0.15) is 4.41 Å². The average molecular weight is 443 g/mol. The molecule has 174 valence electrons. The summed E-state index contributed by atoms with van der Waals surface area (Å²) in [7, 11) is 0. The van der Waals surface area contributed by atoms with Crippen molar-refractivity contribution in [2.24, 2.45) is 5.92 Å². The number of aryl methyl sites for hydroxylation is 1. The van der Waals surface area contributed by atoms with E-state index in [4.69, 9.17) is 0 Å². The molecule has 0 radical (unpaired) electrons. The first-order chi connectivity index (χ1) is 15.3.